The highest BCUT2D eigenvalue weighted by atomic mass is 19.1. The molecule has 6 rings (SSSR count). The van der Waals surface area contributed by atoms with Gasteiger partial charge in [-0.15, -0.1) is 0 Å². The molecule has 12 heteroatoms. The number of ketones is 1. The van der Waals surface area contributed by atoms with Gasteiger partial charge in [0.15, 0.2) is 11.5 Å². The van der Waals surface area contributed by atoms with Crippen molar-refractivity contribution in [3.8, 4) is 5.75 Å². The van der Waals surface area contributed by atoms with Gasteiger partial charge in [0, 0.05) is 45.3 Å². The predicted molar refractivity (Wildman–Crippen MR) is 156 cm³/mol. The summed E-state index contributed by atoms with van der Waals surface area (Å²) in [6, 6.07) is 16.1. The summed E-state index contributed by atoms with van der Waals surface area (Å²) in [6.07, 6.45) is 2.47. The largest absolute Gasteiger partial charge is 0.445 e. The standard InChI is InChI=1S/C32H32FN5O6/c33-25-11-10-23(44-38-15-12-28(39)29-26(38)8-4-13-34-29)20-24(25)30(40)35-16-18-36(19-17-35)31(41)27-9-5-14-37(27)32(42)43-21-22-6-2-1-3-7-22/h1-4,6-8,10-11,13,20,27H,5,9,12,14-19,21H2. The van der Waals surface area contributed by atoms with Crippen molar-refractivity contribution < 1.29 is 33.1 Å². The molecule has 2 saturated heterocycles. The third kappa shape index (κ3) is 6.05. The fraction of sp³-hybridized carbons (Fsp3) is 0.344. The van der Waals surface area contributed by atoms with E-state index in [1.165, 1.54) is 39.3 Å². The molecule has 44 heavy (non-hydrogen) atoms. The minimum Gasteiger partial charge on any atom is -0.445 e. The molecule has 0 radical (unpaired) electrons. The number of fused-ring (bicyclic) bond motifs is 1. The van der Waals surface area contributed by atoms with Crippen LogP contribution < -0.4 is 9.90 Å². The van der Waals surface area contributed by atoms with Gasteiger partial charge < -0.3 is 19.4 Å². The lowest BCUT2D eigenvalue weighted by Crippen LogP contribution is -2.55. The van der Waals surface area contributed by atoms with Gasteiger partial charge >= 0.3 is 6.09 Å². The molecule has 0 saturated carbocycles. The van der Waals surface area contributed by atoms with E-state index in [4.69, 9.17) is 9.57 Å². The predicted octanol–water partition coefficient (Wildman–Crippen LogP) is 3.69. The number of hydrogen-bond donors (Lipinski definition) is 0. The second-order valence-electron chi connectivity index (χ2n) is 10.9. The highest BCUT2D eigenvalue weighted by Gasteiger charge is 2.39. The van der Waals surface area contributed by atoms with Crippen molar-refractivity contribution in [2.45, 2.75) is 31.9 Å². The molecule has 0 bridgehead atoms. The number of pyridine rings is 1. The van der Waals surface area contributed by atoms with Crippen LogP contribution in [0.4, 0.5) is 14.9 Å². The van der Waals surface area contributed by atoms with Crippen molar-refractivity contribution in [3.63, 3.8) is 0 Å². The van der Waals surface area contributed by atoms with Gasteiger partial charge in [-0.1, -0.05) is 30.3 Å². The Labute approximate surface area is 253 Å². The molecule has 3 aromatic rings. The molecule has 2 aromatic carbocycles. The molecule has 228 valence electrons. The zero-order chi connectivity index (χ0) is 30.6. The molecule has 2 fully saturated rings. The summed E-state index contributed by atoms with van der Waals surface area (Å²) in [6.45, 7) is 1.81. The Morgan fingerprint density at radius 1 is 0.909 bits per heavy atom. The van der Waals surface area contributed by atoms with Gasteiger partial charge in [0.25, 0.3) is 5.91 Å². The van der Waals surface area contributed by atoms with Crippen LogP contribution in [0.25, 0.3) is 0 Å². The average Bonchev–Trinajstić information content (AvgIpc) is 3.56. The SMILES string of the molecule is O=C1CCN(Oc2ccc(F)c(C(=O)N3CCN(C(=O)C4CCCN4C(=O)OCc4ccccc4)CC3)c2)c2cccnc21. The smallest absolute Gasteiger partial charge is 0.410 e. The van der Waals surface area contributed by atoms with Gasteiger partial charge in [0.1, 0.15) is 29.8 Å². The number of ether oxygens (including phenoxy) is 1. The lowest BCUT2D eigenvalue weighted by Gasteiger charge is -2.37. The molecule has 0 aliphatic carbocycles. The number of rotatable bonds is 6. The van der Waals surface area contributed by atoms with Crippen LogP contribution in [0, 0.1) is 5.82 Å². The fourth-order valence-corrected chi connectivity index (χ4v) is 5.76. The van der Waals surface area contributed by atoms with Crippen molar-refractivity contribution in [3.05, 3.63) is 89.5 Å². The summed E-state index contributed by atoms with van der Waals surface area (Å²) in [5.74, 6) is -1.22. The van der Waals surface area contributed by atoms with Crippen LogP contribution in [0.3, 0.4) is 0 Å². The highest BCUT2D eigenvalue weighted by Crippen LogP contribution is 2.28. The number of carbonyl (C=O) groups excluding carboxylic acids is 4. The zero-order valence-corrected chi connectivity index (χ0v) is 24.1. The third-order valence-electron chi connectivity index (χ3n) is 8.10. The minimum absolute atomic E-state index is 0.0864. The van der Waals surface area contributed by atoms with Crippen molar-refractivity contribution >= 4 is 29.4 Å². The summed E-state index contributed by atoms with van der Waals surface area (Å²) < 4.78 is 20.3. The van der Waals surface area contributed by atoms with E-state index in [0.717, 1.165) is 5.56 Å². The summed E-state index contributed by atoms with van der Waals surface area (Å²) in [5.41, 5.74) is 1.52. The first-order chi connectivity index (χ1) is 21.4. The fourth-order valence-electron chi connectivity index (χ4n) is 5.76. The maximum atomic E-state index is 14.9. The Morgan fingerprint density at radius 2 is 1.68 bits per heavy atom. The molecule has 11 nitrogen and oxygen atoms in total. The summed E-state index contributed by atoms with van der Waals surface area (Å²) in [5, 5.41) is 1.51. The van der Waals surface area contributed by atoms with Gasteiger partial charge in [-0.3, -0.25) is 24.3 Å². The molecular weight excluding hydrogens is 569 g/mol. The van der Waals surface area contributed by atoms with E-state index in [1.54, 1.807) is 17.0 Å². The van der Waals surface area contributed by atoms with E-state index < -0.39 is 23.9 Å². The van der Waals surface area contributed by atoms with Gasteiger partial charge in [0.2, 0.25) is 5.91 Å². The minimum atomic E-state index is -0.688. The molecule has 3 aliphatic rings. The van der Waals surface area contributed by atoms with Crippen LogP contribution in [0.15, 0.2) is 66.9 Å². The number of benzene rings is 2. The molecule has 1 aromatic heterocycles. The maximum Gasteiger partial charge on any atom is 0.410 e. The quantitative estimate of drug-likeness (QED) is 0.421. The molecule has 0 spiro atoms. The van der Waals surface area contributed by atoms with Crippen LogP contribution in [0.5, 0.6) is 5.75 Å². The number of halogens is 1. The van der Waals surface area contributed by atoms with Crippen LogP contribution in [0.2, 0.25) is 0 Å². The van der Waals surface area contributed by atoms with Crippen LogP contribution in [-0.2, 0) is 16.1 Å². The first-order valence-corrected chi connectivity index (χ1v) is 14.7. The van der Waals surface area contributed by atoms with Crippen LogP contribution in [-0.4, -0.2) is 88.7 Å². The molecule has 3 amide bonds. The topological polar surface area (TPSA) is 113 Å². The molecule has 3 aliphatic heterocycles. The lowest BCUT2D eigenvalue weighted by molar-refractivity contribution is -0.137. The summed E-state index contributed by atoms with van der Waals surface area (Å²) >= 11 is 0. The summed E-state index contributed by atoms with van der Waals surface area (Å²) in [4.78, 5) is 66.5. The first-order valence-electron chi connectivity index (χ1n) is 14.7. The Kier molecular flexibility index (Phi) is 8.40. The molecule has 1 atom stereocenters. The number of hydrogen-bond acceptors (Lipinski definition) is 8. The van der Waals surface area contributed by atoms with E-state index in [1.807, 2.05) is 30.3 Å². The van der Waals surface area contributed by atoms with E-state index >= 15 is 0 Å². The van der Waals surface area contributed by atoms with Crippen LogP contribution in [0.1, 0.15) is 45.7 Å². The number of piperazine rings is 1. The van der Waals surface area contributed by atoms with Gasteiger partial charge in [-0.25, -0.2) is 14.2 Å². The number of aromatic nitrogens is 1. The maximum absolute atomic E-state index is 14.9. The average molecular weight is 602 g/mol. The zero-order valence-electron chi connectivity index (χ0n) is 24.1. The Balaban J connectivity index is 1.05. The third-order valence-corrected chi connectivity index (χ3v) is 8.10. The number of amides is 3. The number of hydroxylamine groups is 1. The highest BCUT2D eigenvalue weighted by molar-refractivity contribution is 6.01. The molecule has 0 N–H and O–H groups in total. The Morgan fingerprint density at radius 3 is 2.48 bits per heavy atom. The van der Waals surface area contributed by atoms with Crippen molar-refractivity contribution in [2.24, 2.45) is 0 Å². The molecule has 4 heterocycles. The second-order valence-corrected chi connectivity index (χ2v) is 10.9. The monoisotopic (exact) mass is 601 g/mol. The van der Waals surface area contributed by atoms with Gasteiger partial charge in [0.05, 0.1) is 12.1 Å². The lowest BCUT2D eigenvalue weighted by atomic mass is 10.1. The number of Topliss-reactive ketones (excluding diaryl/α,β-unsaturated/α-hetero) is 1. The normalized spacial score (nSPS) is 18.2. The van der Waals surface area contributed by atoms with Crippen molar-refractivity contribution in [1.82, 2.24) is 19.7 Å². The van der Waals surface area contributed by atoms with Crippen LogP contribution >= 0.6 is 0 Å². The number of anilines is 1. The summed E-state index contributed by atoms with van der Waals surface area (Å²) in [7, 11) is 0. The number of carbonyl (C=O) groups is 4. The van der Waals surface area contributed by atoms with Crippen molar-refractivity contribution in [1.29, 1.82) is 0 Å². The Hall–Kier alpha value is -5.00. The van der Waals surface area contributed by atoms with E-state index in [9.17, 15) is 23.6 Å². The first kappa shape index (κ1) is 29.1. The van der Waals surface area contributed by atoms with Gasteiger partial charge in [-0.2, -0.15) is 0 Å². The van der Waals surface area contributed by atoms with Crippen molar-refractivity contribution in [2.75, 3.05) is 44.3 Å². The number of likely N-dealkylation sites (tertiary alicyclic amines) is 1. The van der Waals surface area contributed by atoms with Gasteiger partial charge in [-0.05, 0) is 48.7 Å². The van der Waals surface area contributed by atoms with E-state index in [0.29, 0.717) is 30.8 Å². The molecule has 1 unspecified atom stereocenters. The molecular formula is C32H32FN5O6. The second kappa shape index (κ2) is 12.7. The Bertz CT molecular complexity index is 1560. The van der Waals surface area contributed by atoms with E-state index in [-0.39, 0.29) is 68.8 Å². The van der Waals surface area contributed by atoms with E-state index in [2.05, 4.69) is 4.98 Å². The number of nitrogens with zero attached hydrogens (tertiary/aromatic N) is 5.